The van der Waals surface area contributed by atoms with E-state index < -0.39 is 11.6 Å². The van der Waals surface area contributed by atoms with E-state index in [4.69, 9.17) is 9.47 Å². The number of carbonyl (C=O) groups excluding carboxylic acids is 3. The van der Waals surface area contributed by atoms with E-state index >= 15 is 0 Å². The smallest absolute Gasteiger partial charge is 0.347 e. The van der Waals surface area contributed by atoms with Crippen LogP contribution in [0.25, 0.3) is 0 Å². The molecule has 4 heterocycles. The van der Waals surface area contributed by atoms with Gasteiger partial charge in [0.2, 0.25) is 17.7 Å². The number of likely N-dealkylation sites (tertiary alicyclic amines) is 1. The summed E-state index contributed by atoms with van der Waals surface area (Å²) in [7, 11) is 1.49. The fourth-order valence-corrected chi connectivity index (χ4v) is 5.25. The molecule has 0 aliphatic carbocycles. The minimum atomic E-state index is -0.504. The highest BCUT2D eigenvalue weighted by molar-refractivity contribution is 5.95. The lowest BCUT2D eigenvalue weighted by Crippen LogP contribution is -2.44. The van der Waals surface area contributed by atoms with Gasteiger partial charge in [-0.2, -0.15) is 0 Å². The quantitative estimate of drug-likeness (QED) is 0.498. The molecule has 1 aromatic carbocycles. The highest BCUT2D eigenvalue weighted by atomic mass is 16.5. The average molecular weight is 561 g/mol. The van der Waals surface area contributed by atoms with Gasteiger partial charge >= 0.3 is 5.69 Å². The van der Waals surface area contributed by atoms with E-state index in [9.17, 15) is 19.2 Å². The van der Waals surface area contributed by atoms with Crippen molar-refractivity contribution in [2.45, 2.75) is 18.9 Å². The maximum Gasteiger partial charge on any atom is 0.347 e. The molecule has 3 aromatic rings. The summed E-state index contributed by atoms with van der Waals surface area (Å²) in [4.78, 5) is 63.1. The Morgan fingerprint density at radius 1 is 1.02 bits per heavy atom. The van der Waals surface area contributed by atoms with Crippen LogP contribution in [-0.2, 0) is 16.1 Å². The Labute approximate surface area is 236 Å². The molecule has 5 rings (SSSR count). The zero-order chi connectivity index (χ0) is 28.8. The van der Waals surface area contributed by atoms with Crippen molar-refractivity contribution in [3.8, 4) is 11.6 Å². The first kappa shape index (κ1) is 27.8. The van der Waals surface area contributed by atoms with E-state index in [1.807, 2.05) is 24.3 Å². The topological polar surface area (TPSA) is 136 Å². The number of nitrogens with zero attached hydrogens (tertiary/aromatic N) is 5. The number of amides is 3. The summed E-state index contributed by atoms with van der Waals surface area (Å²) in [6, 6.07) is 12.4. The molecule has 1 saturated heterocycles. The zero-order valence-electron chi connectivity index (χ0n) is 22.8. The first-order valence-corrected chi connectivity index (χ1v) is 13.5. The maximum absolute atomic E-state index is 13.5. The zero-order valence-corrected chi connectivity index (χ0v) is 22.8. The Kier molecular flexibility index (Phi) is 8.56. The first-order valence-electron chi connectivity index (χ1n) is 13.5. The number of methoxy groups -OCH3 is 1. The summed E-state index contributed by atoms with van der Waals surface area (Å²) in [5.41, 5.74) is 0.846. The van der Waals surface area contributed by atoms with Gasteiger partial charge in [-0.05, 0) is 36.2 Å². The van der Waals surface area contributed by atoms with E-state index in [2.05, 4.69) is 15.3 Å². The Hall–Kier alpha value is -4.74. The number of benzene rings is 1. The van der Waals surface area contributed by atoms with Gasteiger partial charge in [0.1, 0.15) is 12.3 Å². The van der Waals surface area contributed by atoms with Crippen molar-refractivity contribution in [1.82, 2.24) is 29.7 Å². The highest BCUT2D eigenvalue weighted by Gasteiger charge is 2.41. The molecular formula is C29H32N6O6. The second kappa shape index (κ2) is 12.6. The van der Waals surface area contributed by atoms with Crippen molar-refractivity contribution in [1.29, 1.82) is 0 Å². The van der Waals surface area contributed by atoms with Crippen molar-refractivity contribution >= 4 is 17.7 Å². The van der Waals surface area contributed by atoms with Crippen molar-refractivity contribution in [2.75, 3.05) is 46.4 Å². The lowest BCUT2D eigenvalue weighted by molar-refractivity contribution is -0.132. The molecule has 1 N–H and O–H groups in total. The molecular weight excluding hydrogens is 528 g/mol. The van der Waals surface area contributed by atoms with Gasteiger partial charge < -0.3 is 24.6 Å². The Bertz CT molecular complexity index is 1480. The Balaban J connectivity index is 1.35. The van der Waals surface area contributed by atoms with Crippen molar-refractivity contribution in [2.24, 2.45) is 5.92 Å². The van der Waals surface area contributed by atoms with Gasteiger partial charge in [0.05, 0.1) is 19.6 Å². The molecule has 2 atom stereocenters. The molecule has 3 amide bonds. The van der Waals surface area contributed by atoms with Crippen LogP contribution >= 0.6 is 0 Å². The number of hydrogen-bond acceptors (Lipinski definition) is 8. The van der Waals surface area contributed by atoms with Crippen LogP contribution in [-0.4, -0.2) is 88.5 Å². The summed E-state index contributed by atoms with van der Waals surface area (Å²) in [6.07, 6.45) is 4.98. The van der Waals surface area contributed by atoms with Gasteiger partial charge in [-0.3, -0.25) is 19.0 Å². The monoisotopic (exact) mass is 560 g/mol. The lowest BCUT2D eigenvalue weighted by atomic mass is 9.88. The minimum Gasteiger partial charge on any atom is -0.494 e. The van der Waals surface area contributed by atoms with Crippen molar-refractivity contribution in [3.63, 3.8) is 0 Å². The van der Waals surface area contributed by atoms with E-state index in [1.165, 1.54) is 30.3 Å². The van der Waals surface area contributed by atoms with Gasteiger partial charge in [-0.15, -0.1) is 0 Å². The molecule has 2 bridgehead atoms. The maximum atomic E-state index is 13.5. The number of ether oxygens (including phenoxy) is 2. The Morgan fingerprint density at radius 2 is 1.88 bits per heavy atom. The molecule has 12 nitrogen and oxygen atoms in total. The van der Waals surface area contributed by atoms with Crippen LogP contribution in [0.15, 0.2) is 65.8 Å². The molecule has 2 aliphatic rings. The van der Waals surface area contributed by atoms with Gasteiger partial charge in [0.25, 0.3) is 5.91 Å². The third-order valence-electron chi connectivity index (χ3n) is 7.38. The highest BCUT2D eigenvalue weighted by Crippen LogP contribution is 2.35. The molecule has 41 heavy (non-hydrogen) atoms. The molecule has 0 spiro atoms. The van der Waals surface area contributed by atoms with Gasteiger partial charge in [-0.1, -0.05) is 12.1 Å². The number of aromatic nitrogens is 3. The molecule has 2 aromatic heterocycles. The van der Waals surface area contributed by atoms with Crippen LogP contribution in [0.3, 0.4) is 0 Å². The van der Waals surface area contributed by atoms with Gasteiger partial charge in [-0.25, -0.2) is 14.8 Å². The summed E-state index contributed by atoms with van der Waals surface area (Å²) in [6.45, 7) is 1.72. The van der Waals surface area contributed by atoms with E-state index in [-0.39, 0.29) is 49.8 Å². The SMILES string of the molecule is COc1cc(C(=O)N2C[C@@H]3C(=O)NCCN(C(=O)Cn4cccnc4=O)CCCOc4cccc(c4)[C@H]3C2)ccn1. The van der Waals surface area contributed by atoms with Crippen LogP contribution in [0, 0.1) is 5.92 Å². The van der Waals surface area contributed by atoms with E-state index in [1.54, 1.807) is 28.0 Å². The fraction of sp³-hybridized carbons (Fsp3) is 0.379. The molecule has 214 valence electrons. The number of pyridine rings is 1. The van der Waals surface area contributed by atoms with Gasteiger partial charge in [0.15, 0.2) is 0 Å². The van der Waals surface area contributed by atoms with Crippen molar-refractivity contribution in [3.05, 3.63) is 82.7 Å². The van der Waals surface area contributed by atoms with E-state index in [0.717, 1.165) is 5.56 Å². The number of hydrogen-bond donors (Lipinski definition) is 1. The van der Waals surface area contributed by atoms with Crippen molar-refractivity contribution < 1.29 is 23.9 Å². The standard InChI is InChI=1S/C29H32N6O6/c1-40-25-16-21(7-9-30-25)28(38)35-17-23-20-5-2-6-22(15-20)41-14-4-12-33(13-10-31-27(37)24(23)18-35)26(36)19-34-11-3-8-32-29(34)39/h2-3,5-9,11,15-16,23-24H,4,10,12-14,17-19H2,1H3,(H,31,37)/t23-,24+/m1/s1. The molecule has 0 saturated carbocycles. The second-order valence-electron chi connectivity index (χ2n) is 9.99. The molecule has 0 unspecified atom stereocenters. The number of nitrogens with one attached hydrogen (secondary N) is 1. The predicted molar refractivity (Wildman–Crippen MR) is 148 cm³/mol. The summed E-state index contributed by atoms with van der Waals surface area (Å²) >= 11 is 0. The Morgan fingerprint density at radius 3 is 2.71 bits per heavy atom. The third kappa shape index (κ3) is 6.53. The average Bonchev–Trinajstić information content (AvgIpc) is 3.44. The van der Waals surface area contributed by atoms with Gasteiger partial charge in [0, 0.05) is 68.9 Å². The van der Waals surface area contributed by atoms with Crippen LogP contribution < -0.4 is 20.5 Å². The second-order valence-corrected chi connectivity index (χ2v) is 9.99. The first-order chi connectivity index (χ1) is 19.9. The molecule has 2 aliphatic heterocycles. The lowest BCUT2D eigenvalue weighted by Gasteiger charge is -2.25. The largest absolute Gasteiger partial charge is 0.494 e. The molecule has 0 radical (unpaired) electrons. The number of rotatable bonds is 4. The minimum absolute atomic E-state index is 0.148. The predicted octanol–water partition coefficient (Wildman–Crippen LogP) is 0.930. The molecule has 1 fully saturated rings. The molecule has 12 heteroatoms. The fourth-order valence-electron chi connectivity index (χ4n) is 5.25. The number of fused-ring (bicyclic) bond motifs is 4. The summed E-state index contributed by atoms with van der Waals surface area (Å²) in [5, 5.41) is 2.98. The number of carbonyl (C=O) groups is 3. The summed E-state index contributed by atoms with van der Waals surface area (Å²) < 4.78 is 12.4. The van der Waals surface area contributed by atoms with Crippen LogP contribution in [0.4, 0.5) is 0 Å². The van der Waals surface area contributed by atoms with Crippen LogP contribution in [0.5, 0.6) is 11.6 Å². The normalized spacial score (nSPS) is 19.4. The van der Waals surface area contributed by atoms with Crippen LogP contribution in [0.2, 0.25) is 0 Å². The van der Waals surface area contributed by atoms with E-state index in [0.29, 0.717) is 43.3 Å². The summed E-state index contributed by atoms with van der Waals surface area (Å²) in [5.74, 6) is -0.420. The third-order valence-corrected chi connectivity index (χ3v) is 7.38. The van der Waals surface area contributed by atoms with Crippen LogP contribution in [0.1, 0.15) is 28.3 Å².